The molecule has 0 amide bonds. The molecule has 134 valence electrons. The van der Waals surface area contributed by atoms with Crippen LogP contribution in [0.25, 0.3) is 0 Å². The second-order valence-electron chi connectivity index (χ2n) is 6.14. The topological polar surface area (TPSA) is 108 Å². The van der Waals surface area contributed by atoms with Crippen LogP contribution in [0.1, 0.15) is 12.8 Å². The van der Waals surface area contributed by atoms with Crippen molar-refractivity contribution in [2.24, 2.45) is 5.92 Å². The van der Waals surface area contributed by atoms with Crippen LogP contribution in [0, 0.1) is 5.92 Å². The van der Waals surface area contributed by atoms with E-state index < -0.39 is 28.9 Å². The predicted octanol–water partition coefficient (Wildman–Crippen LogP) is -0.736. The van der Waals surface area contributed by atoms with Crippen molar-refractivity contribution in [2.45, 2.75) is 17.7 Å². The fourth-order valence-electron chi connectivity index (χ4n) is 2.30. The lowest BCUT2D eigenvalue weighted by atomic mass is 9.77. The standard InChI is InChI=1S/C15H18BNO7S/c1-25(20,21)11-4-5-13(22-9-10-2-3-10)12(6-11)16-23-14(18)7-17-8-15(19)24-16/h4-6,10,17H,2-3,7-9H2,1H3. The number of ether oxygens (including phenoxy) is 1. The Morgan fingerprint density at radius 1 is 1.20 bits per heavy atom. The van der Waals surface area contributed by atoms with Crippen molar-refractivity contribution in [2.75, 3.05) is 26.0 Å². The number of carbonyl (C=O) groups excluding carboxylic acids is 2. The monoisotopic (exact) mass is 367 g/mol. The number of benzene rings is 1. The van der Waals surface area contributed by atoms with E-state index in [9.17, 15) is 18.0 Å². The Kier molecular flexibility index (Phi) is 5.00. The molecule has 1 heterocycles. The number of hydrogen-bond acceptors (Lipinski definition) is 8. The smallest absolute Gasteiger partial charge is 0.494 e. The molecule has 2 fully saturated rings. The summed E-state index contributed by atoms with van der Waals surface area (Å²) in [6, 6.07) is 4.22. The Morgan fingerprint density at radius 2 is 1.84 bits per heavy atom. The molecule has 1 saturated carbocycles. The van der Waals surface area contributed by atoms with Crippen molar-refractivity contribution >= 4 is 34.4 Å². The van der Waals surface area contributed by atoms with Gasteiger partial charge in [-0.3, -0.25) is 14.9 Å². The summed E-state index contributed by atoms with van der Waals surface area (Å²) in [5.41, 5.74) is 0.201. The Bertz CT molecular complexity index is 773. The highest BCUT2D eigenvalue weighted by Crippen LogP contribution is 2.29. The number of carbonyl (C=O) groups is 2. The van der Waals surface area contributed by atoms with Gasteiger partial charge in [0.1, 0.15) is 5.75 Å². The summed E-state index contributed by atoms with van der Waals surface area (Å²) in [6.45, 7) is 0.187. The highest BCUT2D eigenvalue weighted by molar-refractivity contribution is 7.90. The zero-order valence-corrected chi connectivity index (χ0v) is 14.5. The summed E-state index contributed by atoms with van der Waals surface area (Å²) in [4.78, 5) is 23.5. The third kappa shape index (κ3) is 4.73. The van der Waals surface area contributed by atoms with Crippen LogP contribution < -0.4 is 15.5 Å². The summed E-state index contributed by atoms with van der Waals surface area (Å²) >= 11 is 0. The van der Waals surface area contributed by atoms with Gasteiger partial charge in [-0.25, -0.2) is 8.42 Å². The van der Waals surface area contributed by atoms with Gasteiger partial charge in [-0.05, 0) is 37.0 Å². The van der Waals surface area contributed by atoms with Crippen LogP contribution >= 0.6 is 0 Å². The average Bonchev–Trinajstić information content (AvgIpc) is 3.34. The molecule has 8 nitrogen and oxygen atoms in total. The van der Waals surface area contributed by atoms with Gasteiger partial charge in [-0.1, -0.05) is 0 Å². The Morgan fingerprint density at radius 3 is 2.40 bits per heavy atom. The van der Waals surface area contributed by atoms with E-state index in [-0.39, 0.29) is 23.4 Å². The number of rotatable bonds is 5. The molecule has 1 N–H and O–H groups in total. The summed E-state index contributed by atoms with van der Waals surface area (Å²) in [5, 5.41) is 2.58. The quantitative estimate of drug-likeness (QED) is 0.679. The highest BCUT2D eigenvalue weighted by atomic mass is 32.2. The van der Waals surface area contributed by atoms with Gasteiger partial charge < -0.3 is 14.0 Å². The van der Waals surface area contributed by atoms with Crippen molar-refractivity contribution in [3.63, 3.8) is 0 Å². The van der Waals surface area contributed by atoms with E-state index in [0.29, 0.717) is 18.3 Å². The average molecular weight is 367 g/mol. The van der Waals surface area contributed by atoms with Crippen LogP contribution in [0.4, 0.5) is 0 Å². The molecule has 1 aliphatic heterocycles. The lowest BCUT2D eigenvalue weighted by molar-refractivity contribution is -0.141. The fourth-order valence-corrected chi connectivity index (χ4v) is 2.96. The highest BCUT2D eigenvalue weighted by Gasteiger charge is 2.36. The van der Waals surface area contributed by atoms with Gasteiger partial charge in [0, 0.05) is 6.26 Å². The molecule has 0 bridgehead atoms. The molecule has 1 aromatic carbocycles. The minimum absolute atomic E-state index is 0.0218. The van der Waals surface area contributed by atoms with E-state index in [1.54, 1.807) is 0 Å². The maximum absolute atomic E-state index is 11.8. The van der Waals surface area contributed by atoms with Gasteiger partial charge in [0.2, 0.25) is 0 Å². The van der Waals surface area contributed by atoms with Crippen LogP contribution in [-0.2, 0) is 28.7 Å². The zero-order valence-electron chi connectivity index (χ0n) is 13.7. The number of nitrogens with one attached hydrogen (secondary N) is 1. The fraction of sp³-hybridized carbons (Fsp3) is 0.467. The molecule has 2 aliphatic rings. The van der Waals surface area contributed by atoms with E-state index in [2.05, 4.69) is 5.32 Å². The van der Waals surface area contributed by atoms with Gasteiger partial charge in [0.05, 0.1) is 30.1 Å². The molecule has 0 aromatic heterocycles. The maximum atomic E-state index is 11.8. The molecule has 1 saturated heterocycles. The lowest BCUT2D eigenvalue weighted by Gasteiger charge is -2.20. The van der Waals surface area contributed by atoms with E-state index in [1.165, 1.54) is 18.2 Å². The van der Waals surface area contributed by atoms with E-state index in [4.69, 9.17) is 14.0 Å². The van der Waals surface area contributed by atoms with Crippen molar-refractivity contribution in [3.05, 3.63) is 18.2 Å². The largest absolute Gasteiger partial charge is 0.640 e. The van der Waals surface area contributed by atoms with Gasteiger partial charge in [0.25, 0.3) is 0 Å². The molecule has 1 aromatic rings. The van der Waals surface area contributed by atoms with E-state index in [1.807, 2.05) is 0 Å². The molecular weight excluding hydrogens is 349 g/mol. The SMILES string of the molecule is CS(=O)(=O)c1ccc(OCC2CC2)c(B2OC(=O)CNCC(=O)O2)c1. The van der Waals surface area contributed by atoms with Crippen molar-refractivity contribution in [1.82, 2.24) is 5.32 Å². The molecule has 0 unspecified atom stereocenters. The Hall–Kier alpha value is -2.07. The number of sulfone groups is 1. The molecule has 10 heteroatoms. The van der Waals surface area contributed by atoms with Crippen LogP contribution in [0.5, 0.6) is 5.75 Å². The van der Waals surface area contributed by atoms with Gasteiger partial charge in [-0.15, -0.1) is 0 Å². The predicted molar refractivity (Wildman–Crippen MR) is 88.2 cm³/mol. The van der Waals surface area contributed by atoms with Crippen LogP contribution in [0.15, 0.2) is 23.1 Å². The minimum atomic E-state index is -3.49. The summed E-state index contributed by atoms with van der Waals surface area (Å²) in [7, 11) is -4.84. The third-order valence-electron chi connectivity index (χ3n) is 3.85. The molecule has 0 radical (unpaired) electrons. The molecular formula is C15H18BNO7S. The zero-order chi connectivity index (χ0) is 18.0. The summed E-state index contributed by atoms with van der Waals surface area (Å²) in [6.07, 6.45) is 3.22. The number of hydrogen-bond donors (Lipinski definition) is 1. The third-order valence-corrected chi connectivity index (χ3v) is 4.96. The van der Waals surface area contributed by atoms with E-state index >= 15 is 0 Å². The second kappa shape index (κ2) is 7.05. The first-order chi connectivity index (χ1) is 11.8. The van der Waals surface area contributed by atoms with Gasteiger partial charge in [0.15, 0.2) is 9.84 Å². The van der Waals surface area contributed by atoms with Gasteiger partial charge >= 0.3 is 19.1 Å². The van der Waals surface area contributed by atoms with Crippen LogP contribution in [0.2, 0.25) is 0 Å². The molecule has 1 aliphatic carbocycles. The first-order valence-electron chi connectivity index (χ1n) is 7.89. The molecule has 25 heavy (non-hydrogen) atoms. The summed E-state index contributed by atoms with van der Waals surface area (Å²) < 4.78 is 39.7. The molecule has 3 rings (SSSR count). The normalized spacial score (nSPS) is 18.8. The van der Waals surface area contributed by atoms with Crippen LogP contribution in [-0.4, -0.2) is 53.4 Å². The first kappa shape index (κ1) is 17.7. The summed E-state index contributed by atoms with van der Waals surface area (Å²) in [5.74, 6) is -0.432. The van der Waals surface area contributed by atoms with Crippen LogP contribution in [0.3, 0.4) is 0 Å². The molecule has 0 spiro atoms. The Labute approximate surface area is 145 Å². The first-order valence-corrected chi connectivity index (χ1v) is 9.78. The van der Waals surface area contributed by atoms with Crippen molar-refractivity contribution < 1.29 is 32.1 Å². The lowest BCUT2D eigenvalue weighted by Crippen LogP contribution is -2.48. The molecule has 0 atom stereocenters. The second-order valence-corrected chi connectivity index (χ2v) is 8.16. The maximum Gasteiger partial charge on any atom is 0.640 e. The minimum Gasteiger partial charge on any atom is -0.494 e. The Balaban J connectivity index is 1.95. The van der Waals surface area contributed by atoms with Gasteiger partial charge in [-0.2, -0.15) is 0 Å². The van der Waals surface area contributed by atoms with E-state index in [0.717, 1.165) is 19.1 Å². The van der Waals surface area contributed by atoms with Crippen molar-refractivity contribution in [3.8, 4) is 5.75 Å². The van der Waals surface area contributed by atoms with Crippen molar-refractivity contribution in [1.29, 1.82) is 0 Å².